The Morgan fingerprint density at radius 3 is 2.90 bits per heavy atom. The molecule has 2 aliphatic heterocycles. The zero-order valence-corrected chi connectivity index (χ0v) is 12.4. The van der Waals surface area contributed by atoms with Crippen LogP contribution in [-0.4, -0.2) is 40.7 Å². The predicted octanol–water partition coefficient (Wildman–Crippen LogP) is 2.11. The second-order valence-corrected chi connectivity index (χ2v) is 6.79. The lowest BCUT2D eigenvalue weighted by atomic mass is 10.1. The van der Waals surface area contributed by atoms with Crippen LogP contribution in [0.3, 0.4) is 0 Å². The molecule has 2 aliphatic rings. The molecule has 0 saturated carbocycles. The van der Waals surface area contributed by atoms with Crippen molar-refractivity contribution in [2.75, 3.05) is 17.2 Å². The highest BCUT2D eigenvalue weighted by Gasteiger charge is 2.38. The van der Waals surface area contributed by atoms with Crippen molar-refractivity contribution in [1.29, 1.82) is 0 Å². The number of carboxylic acids is 1. The zero-order chi connectivity index (χ0) is 14.8. The molecule has 3 rings (SSSR count). The maximum absolute atomic E-state index is 12.4. The number of nitrogens with one attached hydrogen (secondary N) is 1. The van der Waals surface area contributed by atoms with Crippen LogP contribution in [0.4, 0.5) is 10.5 Å². The van der Waals surface area contributed by atoms with Crippen molar-refractivity contribution in [1.82, 2.24) is 5.32 Å². The number of carbonyl (C=O) groups excluding carboxylic acids is 1. The Morgan fingerprint density at radius 2 is 2.19 bits per heavy atom. The Hall–Kier alpha value is -1.69. The van der Waals surface area contributed by atoms with Crippen molar-refractivity contribution in [3.63, 3.8) is 0 Å². The van der Waals surface area contributed by atoms with E-state index in [1.165, 1.54) is 11.3 Å². The first-order valence-electron chi connectivity index (χ1n) is 7.16. The molecule has 0 aliphatic carbocycles. The summed E-state index contributed by atoms with van der Waals surface area (Å²) in [7, 11) is 0. The number of nitrogens with zero attached hydrogens (tertiary/aromatic N) is 1. The molecule has 2 amide bonds. The maximum Gasteiger partial charge on any atom is 0.327 e. The monoisotopic (exact) mass is 306 g/mol. The molecule has 2 N–H and O–H groups in total. The fourth-order valence-corrected chi connectivity index (χ4v) is 4.13. The van der Waals surface area contributed by atoms with E-state index < -0.39 is 12.0 Å². The van der Waals surface area contributed by atoms with Gasteiger partial charge in [-0.3, -0.25) is 4.90 Å². The van der Waals surface area contributed by atoms with Gasteiger partial charge >= 0.3 is 12.0 Å². The van der Waals surface area contributed by atoms with Gasteiger partial charge in [0.2, 0.25) is 0 Å². The summed E-state index contributed by atoms with van der Waals surface area (Å²) in [6, 6.07) is 6.27. The van der Waals surface area contributed by atoms with E-state index >= 15 is 0 Å². The Kier molecular flexibility index (Phi) is 4.05. The summed E-state index contributed by atoms with van der Waals surface area (Å²) in [5.41, 5.74) is 1.62. The van der Waals surface area contributed by atoms with E-state index in [4.69, 9.17) is 0 Å². The van der Waals surface area contributed by atoms with Gasteiger partial charge in [0.25, 0.3) is 0 Å². The number of benzene rings is 1. The van der Waals surface area contributed by atoms with Gasteiger partial charge in [-0.05, 0) is 30.2 Å². The van der Waals surface area contributed by atoms with Crippen LogP contribution in [0.1, 0.15) is 18.4 Å². The first kappa shape index (κ1) is 14.3. The molecule has 2 heterocycles. The van der Waals surface area contributed by atoms with Gasteiger partial charge in [-0.25, -0.2) is 9.59 Å². The first-order valence-corrected chi connectivity index (χ1v) is 8.21. The molecule has 0 radical (unpaired) electrons. The second kappa shape index (κ2) is 5.97. The number of hydrogen-bond acceptors (Lipinski definition) is 3. The van der Waals surface area contributed by atoms with Crippen molar-refractivity contribution in [3.8, 4) is 0 Å². The van der Waals surface area contributed by atoms with Gasteiger partial charge in [-0.15, -0.1) is 0 Å². The SMILES string of the molecule is O=C(O)C1Cc2ccccc2N1C(=O)NCC1CCCS1. The van der Waals surface area contributed by atoms with Crippen LogP contribution in [0.5, 0.6) is 0 Å². The minimum Gasteiger partial charge on any atom is -0.480 e. The van der Waals surface area contributed by atoms with Crippen molar-refractivity contribution >= 4 is 29.4 Å². The Labute approximate surface area is 127 Å². The highest BCUT2D eigenvalue weighted by Crippen LogP contribution is 2.32. The largest absolute Gasteiger partial charge is 0.480 e. The molecule has 1 saturated heterocycles. The maximum atomic E-state index is 12.4. The number of carbonyl (C=O) groups is 2. The first-order chi connectivity index (χ1) is 10.2. The van der Waals surface area contributed by atoms with Crippen molar-refractivity contribution in [3.05, 3.63) is 29.8 Å². The summed E-state index contributed by atoms with van der Waals surface area (Å²) in [6.07, 6.45) is 2.68. The van der Waals surface area contributed by atoms with Crippen LogP contribution in [0, 0.1) is 0 Å². The summed E-state index contributed by atoms with van der Waals surface area (Å²) >= 11 is 1.87. The lowest BCUT2D eigenvalue weighted by Crippen LogP contribution is -2.49. The third-order valence-electron chi connectivity index (χ3n) is 3.98. The number of carboxylic acid groups (broad SMARTS) is 1. The van der Waals surface area contributed by atoms with E-state index in [0.717, 1.165) is 17.7 Å². The van der Waals surface area contributed by atoms with Gasteiger partial charge < -0.3 is 10.4 Å². The van der Waals surface area contributed by atoms with Crippen molar-refractivity contribution < 1.29 is 14.7 Å². The number of fused-ring (bicyclic) bond motifs is 1. The molecule has 1 fully saturated rings. The third kappa shape index (κ3) is 2.85. The smallest absolute Gasteiger partial charge is 0.327 e. The van der Waals surface area contributed by atoms with Gasteiger partial charge in [-0.2, -0.15) is 11.8 Å². The topological polar surface area (TPSA) is 69.6 Å². The molecular weight excluding hydrogens is 288 g/mol. The molecule has 0 bridgehead atoms. The highest BCUT2D eigenvalue weighted by atomic mass is 32.2. The number of amides is 2. The van der Waals surface area contributed by atoms with Crippen LogP contribution in [-0.2, 0) is 11.2 Å². The van der Waals surface area contributed by atoms with Gasteiger partial charge in [0.05, 0.1) is 0 Å². The molecule has 5 nitrogen and oxygen atoms in total. The van der Waals surface area contributed by atoms with E-state index in [2.05, 4.69) is 5.32 Å². The average Bonchev–Trinajstić information content (AvgIpc) is 3.11. The van der Waals surface area contributed by atoms with Crippen LogP contribution in [0.25, 0.3) is 0 Å². The van der Waals surface area contributed by atoms with Gasteiger partial charge in [0.15, 0.2) is 0 Å². The number of urea groups is 1. The number of thioether (sulfide) groups is 1. The number of hydrogen-bond donors (Lipinski definition) is 2. The summed E-state index contributed by atoms with van der Waals surface area (Å²) in [6.45, 7) is 0.606. The summed E-state index contributed by atoms with van der Waals surface area (Å²) in [4.78, 5) is 25.2. The molecule has 1 aromatic carbocycles. The fourth-order valence-electron chi connectivity index (χ4n) is 2.93. The molecule has 21 heavy (non-hydrogen) atoms. The quantitative estimate of drug-likeness (QED) is 0.897. The van der Waals surface area contributed by atoms with Gasteiger partial charge in [0.1, 0.15) is 6.04 Å². The fraction of sp³-hybridized carbons (Fsp3) is 0.467. The number of para-hydroxylation sites is 1. The molecule has 0 aromatic heterocycles. The number of rotatable bonds is 3. The van der Waals surface area contributed by atoms with Crippen molar-refractivity contribution in [2.45, 2.75) is 30.6 Å². The minimum absolute atomic E-state index is 0.306. The summed E-state index contributed by atoms with van der Waals surface area (Å²) in [5, 5.41) is 12.7. The highest BCUT2D eigenvalue weighted by molar-refractivity contribution is 8.00. The normalized spacial score (nSPS) is 23.9. The zero-order valence-electron chi connectivity index (χ0n) is 11.6. The second-order valence-electron chi connectivity index (χ2n) is 5.38. The lowest BCUT2D eigenvalue weighted by molar-refractivity contribution is -0.138. The van der Waals surface area contributed by atoms with E-state index in [1.54, 1.807) is 0 Å². The Balaban J connectivity index is 1.73. The summed E-state index contributed by atoms with van der Waals surface area (Å²) in [5.74, 6) is 0.182. The lowest BCUT2D eigenvalue weighted by Gasteiger charge is -2.23. The average molecular weight is 306 g/mol. The van der Waals surface area contributed by atoms with Crippen molar-refractivity contribution in [2.24, 2.45) is 0 Å². The minimum atomic E-state index is -0.961. The number of aliphatic carboxylic acids is 1. The molecule has 2 unspecified atom stereocenters. The van der Waals surface area contributed by atoms with Gasteiger partial charge in [-0.1, -0.05) is 18.2 Å². The molecule has 2 atom stereocenters. The standard InChI is InChI=1S/C15H18N2O3S/c18-14(19)13-8-10-4-1-2-6-12(10)17(13)15(20)16-9-11-5-3-7-21-11/h1-2,4,6,11,13H,3,5,7-9H2,(H,16,20)(H,18,19). The van der Waals surface area contributed by atoms with Crippen LogP contribution >= 0.6 is 11.8 Å². The predicted molar refractivity (Wildman–Crippen MR) is 82.9 cm³/mol. The molecule has 0 spiro atoms. The van der Waals surface area contributed by atoms with E-state index in [-0.39, 0.29) is 6.03 Å². The van der Waals surface area contributed by atoms with E-state index in [9.17, 15) is 14.7 Å². The Morgan fingerprint density at radius 1 is 1.38 bits per heavy atom. The van der Waals surface area contributed by atoms with Gasteiger partial charge in [0, 0.05) is 23.9 Å². The molecule has 6 heteroatoms. The molecule has 112 valence electrons. The van der Waals surface area contributed by atoms with Crippen LogP contribution in [0.2, 0.25) is 0 Å². The third-order valence-corrected chi connectivity index (χ3v) is 5.38. The number of anilines is 1. The van der Waals surface area contributed by atoms with Crippen LogP contribution in [0.15, 0.2) is 24.3 Å². The Bertz CT molecular complexity index is 558. The molecule has 1 aromatic rings. The van der Waals surface area contributed by atoms with E-state index in [0.29, 0.717) is 23.9 Å². The summed E-state index contributed by atoms with van der Waals surface area (Å²) < 4.78 is 0. The molecular formula is C15H18N2O3S. The van der Waals surface area contributed by atoms with Crippen LogP contribution < -0.4 is 10.2 Å². The van der Waals surface area contributed by atoms with E-state index in [1.807, 2.05) is 36.0 Å².